The number of hydrogen-bond acceptors (Lipinski definition) is 8. The number of fused-ring (bicyclic) bond motifs is 1. The van der Waals surface area contributed by atoms with Crippen molar-refractivity contribution in [3.05, 3.63) is 64.8 Å². The average Bonchev–Trinajstić information content (AvgIpc) is 2.78. The van der Waals surface area contributed by atoms with E-state index >= 15 is 0 Å². The summed E-state index contributed by atoms with van der Waals surface area (Å²) < 4.78 is 21.3. The number of ether oxygens (including phenoxy) is 4. The van der Waals surface area contributed by atoms with Crippen LogP contribution in [0.25, 0.3) is 10.8 Å². The standard InChI is InChI=1S/C24H24N2O6/c1-4-30-20(27)12-19-22(24(28)31-5-2)21(17(13-25)23(26)32-19)16-10-11-18(29-3)15-9-7-6-8-14(15)16/h6-11,21H,4-5,12,26H2,1-3H3/t21-/m0/s1. The maximum Gasteiger partial charge on any atom is 0.338 e. The molecular weight excluding hydrogens is 412 g/mol. The molecule has 8 nitrogen and oxygen atoms in total. The lowest BCUT2D eigenvalue weighted by atomic mass is 9.80. The van der Waals surface area contributed by atoms with Gasteiger partial charge >= 0.3 is 11.9 Å². The Balaban J connectivity index is 2.30. The van der Waals surface area contributed by atoms with Crippen LogP contribution in [0.1, 0.15) is 31.7 Å². The summed E-state index contributed by atoms with van der Waals surface area (Å²) in [5.41, 5.74) is 6.79. The van der Waals surface area contributed by atoms with Crippen molar-refractivity contribution in [3.8, 4) is 11.8 Å². The van der Waals surface area contributed by atoms with Gasteiger partial charge in [0.2, 0.25) is 5.88 Å². The molecule has 8 heteroatoms. The number of allylic oxidation sites excluding steroid dienone is 1. The number of nitrogens with zero attached hydrogens (tertiary/aromatic N) is 1. The second-order valence-corrected chi connectivity index (χ2v) is 6.87. The van der Waals surface area contributed by atoms with E-state index in [1.165, 1.54) is 0 Å². The van der Waals surface area contributed by atoms with Crippen LogP contribution < -0.4 is 10.5 Å². The molecule has 0 aromatic heterocycles. The monoisotopic (exact) mass is 436 g/mol. The van der Waals surface area contributed by atoms with Gasteiger partial charge in [0.1, 0.15) is 29.6 Å². The summed E-state index contributed by atoms with van der Waals surface area (Å²) in [4.78, 5) is 25.3. The van der Waals surface area contributed by atoms with E-state index in [1.54, 1.807) is 33.1 Å². The molecule has 32 heavy (non-hydrogen) atoms. The molecule has 0 saturated carbocycles. The maximum absolute atomic E-state index is 13.0. The molecular formula is C24H24N2O6. The molecule has 0 saturated heterocycles. The van der Waals surface area contributed by atoms with E-state index in [4.69, 9.17) is 24.7 Å². The van der Waals surface area contributed by atoms with Crippen molar-refractivity contribution >= 4 is 22.7 Å². The van der Waals surface area contributed by atoms with Crippen LogP contribution in [-0.2, 0) is 23.8 Å². The molecule has 1 aliphatic heterocycles. The minimum Gasteiger partial charge on any atom is -0.496 e. The van der Waals surface area contributed by atoms with Crippen molar-refractivity contribution in [2.24, 2.45) is 5.73 Å². The first-order valence-electron chi connectivity index (χ1n) is 10.2. The van der Waals surface area contributed by atoms with Gasteiger partial charge in [0.05, 0.1) is 31.8 Å². The van der Waals surface area contributed by atoms with Crippen LogP contribution in [0, 0.1) is 11.3 Å². The van der Waals surface area contributed by atoms with Gasteiger partial charge in [-0.15, -0.1) is 0 Å². The fourth-order valence-electron chi connectivity index (χ4n) is 3.76. The molecule has 1 atom stereocenters. The molecule has 1 aliphatic rings. The van der Waals surface area contributed by atoms with Gasteiger partial charge in [0.25, 0.3) is 0 Å². The highest BCUT2D eigenvalue weighted by atomic mass is 16.5. The SMILES string of the molecule is CCOC(=O)CC1=C(C(=O)OCC)[C@@H](c2ccc(OC)c3ccccc23)C(C#N)=C(N)O1. The Hall–Kier alpha value is -3.99. The van der Waals surface area contributed by atoms with Crippen molar-refractivity contribution in [2.75, 3.05) is 20.3 Å². The first kappa shape index (κ1) is 22.7. The average molecular weight is 436 g/mol. The number of carbonyl (C=O) groups excluding carboxylic acids is 2. The summed E-state index contributed by atoms with van der Waals surface area (Å²) in [7, 11) is 1.57. The lowest BCUT2D eigenvalue weighted by molar-refractivity contribution is -0.143. The first-order valence-corrected chi connectivity index (χ1v) is 10.2. The number of methoxy groups -OCH3 is 1. The largest absolute Gasteiger partial charge is 0.496 e. The van der Waals surface area contributed by atoms with E-state index in [1.807, 2.05) is 24.3 Å². The molecule has 2 aromatic rings. The van der Waals surface area contributed by atoms with Gasteiger partial charge in [0.15, 0.2) is 0 Å². The third kappa shape index (κ3) is 4.23. The number of nitriles is 1. The number of esters is 2. The number of nitrogens with two attached hydrogens (primary N) is 1. The van der Waals surface area contributed by atoms with Crippen molar-refractivity contribution in [2.45, 2.75) is 26.2 Å². The van der Waals surface area contributed by atoms with E-state index < -0.39 is 17.9 Å². The molecule has 2 N–H and O–H groups in total. The fraction of sp³-hybridized carbons (Fsp3) is 0.292. The van der Waals surface area contributed by atoms with Gasteiger partial charge in [0, 0.05) is 5.39 Å². The van der Waals surface area contributed by atoms with Gasteiger partial charge in [-0.3, -0.25) is 4.79 Å². The second-order valence-electron chi connectivity index (χ2n) is 6.87. The molecule has 0 unspecified atom stereocenters. The lowest BCUT2D eigenvalue weighted by Gasteiger charge is -2.28. The predicted molar refractivity (Wildman–Crippen MR) is 116 cm³/mol. The lowest BCUT2D eigenvalue weighted by Crippen LogP contribution is -2.27. The Kier molecular flexibility index (Phi) is 7.00. The van der Waals surface area contributed by atoms with E-state index in [9.17, 15) is 14.9 Å². The molecule has 0 bridgehead atoms. The molecule has 0 radical (unpaired) electrons. The van der Waals surface area contributed by atoms with E-state index in [2.05, 4.69) is 6.07 Å². The minimum atomic E-state index is -0.895. The van der Waals surface area contributed by atoms with Crippen LogP contribution in [-0.4, -0.2) is 32.3 Å². The van der Waals surface area contributed by atoms with Crippen LogP contribution in [0.5, 0.6) is 5.75 Å². The fourth-order valence-corrected chi connectivity index (χ4v) is 3.76. The highest BCUT2D eigenvalue weighted by molar-refractivity contribution is 5.97. The molecule has 0 fully saturated rings. The van der Waals surface area contributed by atoms with Crippen molar-refractivity contribution in [1.82, 2.24) is 0 Å². The van der Waals surface area contributed by atoms with Gasteiger partial charge in [-0.05, 0) is 30.9 Å². The zero-order valence-electron chi connectivity index (χ0n) is 18.1. The van der Waals surface area contributed by atoms with Gasteiger partial charge in [-0.2, -0.15) is 5.26 Å². The number of rotatable bonds is 7. The summed E-state index contributed by atoms with van der Waals surface area (Å²) >= 11 is 0. The summed E-state index contributed by atoms with van der Waals surface area (Å²) in [6.45, 7) is 3.61. The van der Waals surface area contributed by atoms with Gasteiger partial charge < -0.3 is 24.7 Å². The molecule has 0 spiro atoms. The highest BCUT2D eigenvalue weighted by Gasteiger charge is 2.39. The summed E-state index contributed by atoms with van der Waals surface area (Å²) in [5, 5.41) is 11.4. The predicted octanol–water partition coefficient (Wildman–Crippen LogP) is 3.43. The summed E-state index contributed by atoms with van der Waals surface area (Å²) in [5.74, 6) is -1.71. The zero-order chi connectivity index (χ0) is 23.3. The van der Waals surface area contributed by atoms with Crippen LogP contribution >= 0.6 is 0 Å². The van der Waals surface area contributed by atoms with E-state index in [0.29, 0.717) is 11.3 Å². The maximum atomic E-state index is 13.0. The summed E-state index contributed by atoms with van der Waals surface area (Å²) in [6, 6.07) is 13.0. The van der Waals surface area contributed by atoms with Crippen LogP contribution in [0.15, 0.2) is 59.2 Å². The van der Waals surface area contributed by atoms with Crippen molar-refractivity contribution in [3.63, 3.8) is 0 Å². The number of benzene rings is 2. The number of carbonyl (C=O) groups is 2. The van der Waals surface area contributed by atoms with Crippen molar-refractivity contribution < 1.29 is 28.5 Å². The quantitative estimate of drug-likeness (QED) is 0.656. The highest BCUT2D eigenvalue weighted by Crippen LogP contribution is 2.44. The first-order chi connectivity index (χ1) is 15.5. The third-order valence-corrected chi connectivity index (χ3v) is 5.05. The molecule has 3 rings (SSSR count). The Morgan fingerprint density at radius 2 is 1.78 bits per heavy atom. The van der Waals surface area contributed by atoms with Gasteiger partial charge in [-0.1, -0.05) is 30.3 Å². The normalized spacial score (nSPS) is 15.8. The molecule has 0 amide bonds. The smallest absolute Gasteiger partial charge is 0.338 e. The van der Waals surface area contributed by atoms with Crippen LogP contribution in [0.3, 0.4) is 0 Å². The zero-order valence-corrected chi connectivity index (χ0v) is 18.1. The van der Waals surface area contributed by atoms with Crippen LogP contribution in [0.4, 0.5) is 0 Å². The third-order valence-electron chi connectivity index (χ3n) is 5.05. The molecule has 1 heterocycles. The topological polar surface area (TPSA) is 121 Å². The summed E-state index contributed by atoms with van der Waals surface area (Å²) in [6.07, 6.45) is -0.327. The van der Waals surface area contributed by atoms with Crippen LogP contribution in [0.2, 0.25) is 0 Å². The van der Waals surface area contributed by atoms with Gasteiger partial charge in [-0.25, -0.2) is 4.79 Å². The Morgan fingerprint density at radius 1 is 1.09 bits per heavy atom. The van der Waals surface area contributed by atoms with Crippen molar-refractivity contribution in [1.29, 1.82) is 5.26 Å². The van der Waals surface area contributed by atoms with E-state index in [0.717, 1.165) is 10.8 Å². The van der Waals surface area contributed by atoms with E-state index in [-0.39, 0.29) is 42.4 Å². The molecule has 166 valence electrons. The Labute approximate surface area is 185 Å². The molecule has 2 aromatic carbocycles. The Bertz CT molecular complexity index is 1160. The second kappa shape index (κ2) is 9.88. The number of hydrogen-bond donors (Lipinski definition) is 1. The Morgan fingerprint density at radius 3 is 2.41 bits per heavy atom. The minimum absolute atomic E-state index is 0.00305. The molecule has 0 aliphatic carbocycles.